The quantitative estimate of drug-likeness (QED) is 0.839. The maximum atomic E-state index is 5.47. The molecule has 0 saturated carbocycles. The number of likely N-dealkylation sites (tertiary alicyclic amines) is 1. The number of nitrogens with one attached hydrogen (secondary N) is 1. The second kappa shape index (κ2) is 6.20. The van der Waals surface area contributed by atoms with E-state index in [1.54, 1.807) is 6.26 Å². The summed E-state index contributed by atoms with van der Waals surface area (Å²) in [5.41, 5.74) is 0. The van der Waals surface area contributed by atoms with Gasteiger partial charge < -0.3 is 19.5 Å². The highest BCUT2D eigenvalue weighted by atomic mass is 32.1. The molecule has 2 heterocycles. The van der Waals surface area contributed by atoms with Crippen LogP contribution in [0.2, 0.25) is 0 Å². The van der Waals surface area contributed by atoms with Gasteiger partial charge in [-0.3, -0.25) is 0 Å². The van der Waals surface area contributed by atoms with Gasteiger partial charge in [0.1, 0.15) is 5.76 Å². The van der Waals surface area contributed by atoms with E-state index in [9.17, 15) is 0 Å². The lowest BCUT2D eigenvalue weighted by atomic mass is 10.2. The molecule has 1 saturated heterocycles. The highest BCUT2D eigenvalue weighted by Crippen LogP contribution is 2.18. The van der Waals surface area contributed by atoms with E-state index in [0.29, 0.717) is 12.6 Å². The monoisotopic (exact) mass is 267 g/mol. The van der Waals surface area contributed by atoms with Gasteiger partial charge in [0.05, 0.1) is 12.8 Å². The van der Waals surface area contributed by atoms with E-state index in [2.05, 4.69) is 29.2 Å². The maximum Gasteiger partial charge on any atom is 0.169 e. The molecule has 0 bridgehead atoms. The van der Waals surface area contributed by atoms with Crippen molar-refractivity contribution in [1.29, 1.82) is 0 Å². The summed E-state index contributed by atoms with van der Waals surface area (Å²) >= 11 is 5.47. The number of likely N-dealkylation sites (N-methyl/N-ethyl adjacent to an activating group) is 1. The van der Waals surface area contributed by atoms with Crippen LogP contribution in [0.15, 0.2) is 22.8 Å². The van der Waals surface area contributed by atoms with Gasteiger partial charge in [0.2, 0.25) is 0 Å². The van der Waals surface area contributed by atoms with Crippen LogP contribution in [0.5, 0.6) is 0 Å². The van der Waals surface area contributed by atoms with Gasteiger partial charge in [0.25, 0.3) is 0 Å². The van der Waals surface area contributed by atoms with E-state index in [1.807, 2.05) is 12.1 Å². The van der Waals surface area contributed by atoms with E-state index in [-0.39, 0.29) is 0 Å². The lowest BCUT2D eigenvalue weighted by Gasteiger charge is -2.29. The third kappa shape index (κ3) is 3.46. The molecule has 0 spiro atoms. The summed E-state index contributed by atoms with van der Waals surface area (Å²) in [5, 5.41) is 4.12. The molecule has 1 aliphatic rings. The number of thiocarbonyl (C=S) groups is 1. The SMILES string of the molecule is CN(C)CC1CCCN1C(=S)NCc1ccco1. The summed E-state index contributed by atoms with van der Waals surface area (Å²) in [6, 6.07) is 4.39. The van der Waals surface area contributed by atoms with Crippen LogP contribution in [0.25, 0.3) is 0 Å². The molecule has 18 heavy (non-hydrogen) atoms. The fourth-order valence-electron chi connectivity index (χ4n) is 2.39. The van der Waals surface area contributed by atoms with Crippen LogP contribution in [0.3, 0.4) is 0 Å². The highest BCUT2D eigenvalue weighted by Gasteiger charge is 2.26. The molecule has 2 rings (SSSR count). The van der Waals surface area contributed by atoms with Gasteiger partial charge in [-0.2, -0.15) is 0 Å². The molecule has 1 unspecified atom stereocenters. The first kappa shape index (κ1) is 13.4. The highest BCUT2D eigenvalue weighted by molar-refractivity contribution is 7.80. The van der Waals surface area contributed by atoms with Crippen LogP contribution in [-0.4, -0.2) is 48.1 Å². The molecule has 1 fully saturated rings. The molecule has 0 aliphatic carbocycles. The van der Waals surface area contributed by atoms with E-state index in [1.165, 1.54) is 12.8 Å². The third-order valence-electron chi connectivity index (χ3n) is 3.21. The van der Waals surface area contributed by atoms with Gasteiger partial charge in [0, 0.05) is 19.1 Å². The second-order valence-corrected chi connectivity index (χ2v) is 5.38. The third-order valence-corrected chi connectivity index (χ3v) is 3.59. The van der Waals surface area contributed by atoms with Gasteiger partial charge in [-0.25, -0.2) is 0 Å². The standard InChI is InChI=1S/C13H21N3OS/c1-15(2)10-11-5-3-7-16(11)13(18)14-9-12-6-4-8-17-12/h4,6,8,11H,3,5,7,9-10H2,1-2H3,(H,14,18). The number of hydrogen-bond acceptors (Lipinski definition) is 3. The Bertz CT molecular complexity index is 378. The summed E-state index contributed by atoms with van der Waals surface area (Å²) in [6.45, 7) is 2.78. The number of nitrogens with zero attached hydrogens (tertiary/aromatic N) is 2. The predicted molar refractivity (Wildman–Crippen MR) is 76.4 cm³/mol. The Morgan fingerprint density at radius 1 is 1.61 bits per heavy atom. The van der Waals surface area contributed by atoms with Crippen LogP contribution in [0, 0.1) is 0 Å². The molecule has 5 heteroatoms. The average Bonchev–Trinajstić information content (AvgIpc) is 2.95. The van der Waals surface area contributed by atoms with Crippen molar-refractivity contribution in [2.45, 2.75) is 25.4 Å². The normalized spacial score (nSPS) is 19.5. The minimum Gasteiger partial charge on any atom is -0.467 e. The number of hydrogen-bond donors (Lipinski definition) is 1. The van der Waals surface area contributed by atoms with Crippen molar-refractivity contribution in [3.63, 3.8) is 0 Å². The molecule has 100 valence electrons. The first-order valence-electron chi connectivity index (χ1n) is 6.38. The zero-order valence-corrected chi connectivity index (χ0v) is 11.9. The molecule has 0 aromatic carbocycles. The summed E-state index contributed by atoms with van der Waals surface area (Å²) in [6.07, 6.45) is 4.13. The molecule has 1 aromatic heterocycles. The van der Waals surface area contributed by atoms with Gasteiger partial charge in [-0.1, -0.05) is 0 Å². The molecule has 1 atom stereocenters. The predicted octanol–water partition coefficient (Wildman–Crippen LogP) is 1.68. The number of furan rings is 1. The topological polar surface area (TPSA) is 31.6 Å². The summed E-state index contributed by atoms with van der Waals surface area (Å²) in [5.74, 6) is 0.917. The zero-order chi connectivity index (χ0) is 13.0. The van der Waals surface area contributed by atoms with Crippen LogP contribution >= 0.6 is 12.2 Å². The minimum absolute atomic E-state index is 0.539. The maximum absolute atomic E-state index is 5.47. The van der Waals surface area contributed by atoms with Crippen molar-refractivity contribution < 1.29 is 4.42 Å². The van der Waals surface area contributed by atoms with Crippen molar-refractivity contribution in [2.75, 3.05) is 27.2 Å². The largest absolute Gasteiger partial charge is 0.467 e. The zero-order valence-electron chi connectivity index (χ0n) is 11.1. The van der Waals surface area contributed by atoms with Gasteiger partial charge >= 0.3 is 0 Å². The first-order chi connectivity index (χ1) is 8.66. The Balaban J connectivity index is 1.84. The van der Waals surface area contributed by atoms with Gasteiger partial charge in [-0.15, -0.1) is 0 Å². The summed E-state index contributed by atoms with van der Waals surface area (Å²) in [4.78, 5) is 4.52. The van der Waals surface area contributed by atoms with Crippen LogP contribution in [-0.2, 0) is 6.54 Å². The van der Waals surface area contributed by atoms with Crippen molar-refractivity contribution in [3.8, 4) is 0 Å². The molecule has 0 radical (unpaired) electrons. The minimum atomic E-state index is 0.539. The van der Waals surface area contributed by atoms with Crippen LogP contribution in [0.4, 0.5) is 0 Å². The second-order valence-electron chi connectivity index (χ2n) is 4.99. The lowest BCUT2D eigenvalue weighted by molar-refractivity contribution is 0.283. The van der Waals surface area contributed by atoms with Crippen molar-refractivity contribution >= 4 is 17.3 Å². The van der Waals surface area contributed by atoms with Crippen molar-refractivity contribution in [1.82, 2.24) is 15.1 Å². The lowest BCUT2D eigenvalue weighted by Crippen LogP contribution is -2.45. The fourth-order valence-corrected chi connectivity index (χ4v) is 2.70. The Morgan fingerprint density at radius 2 is 2.44 bits per heavy atom. The summed E-state index contributed by atoms with van der Waals surface area (Å²) < 4.78 is 5.29. The fraction of sp³-hybridized carbons (Fsp3) is 0.615. The van der Waals surface area contributed by atoms with Crippen molar-refractivity contribution in [2.24, 2.45) is 0 Å². The molecule has 1 aliphatic heterocycles. The Kier molecular flexibility index (Phi) is 4.60. The molecule has 0 amide bonds. The molecule has 1 N–H and O–H groups in total. The molecule has 1 aromatic rings. The number of rotatable bonds is 4. The smallest absolute Gasteiger partial charge is 0.169 e. The first-order valence-corrected chi connectivity index (χ1v) is 6.79. The van der Waals surface area contributed by atoms with E-state index in [4.69, 9.17) is 16.6 Å². The Morgan fingerprint density at radius 3 is 3.11 bits per heavy atom. The average molecular weight is 267 g/mol. The Labute approximate surface area is 114 Å². The molecular weight excluding hydrogens is 246 g/mol. The Hall–Kier alpha value is -1.07. The summed E-state index contributed by atoms with van der Waals surface area (Å²) in [7, 11) is 4.21. The van der Waals surface area contributed by atoms with E-state index >= 15 is 0 Å². The molecule has 4 nitrogen and oxygen atoms in total. The van der Waals surface area contributed by atoms with Gasteiger partial charge in [0.15, 0.2) is 5.11 Å². The van der Waals surface area contributed by atoms with E-state index in [0.717, 1.165) is 24.0 Å². The van der Waals surface area contributed by atoms with Crippen LogP contribution in [0.1, 0.15) is 18.6 Å². The van der Waals surface area contributed by atoms with E-state index < -0.39 is 0 Å². The van der Waals surface area contributed by atoms with Crippen LogP contribution < -0.4 is 5.32 Å². The van der Waals surface area contributed by atoms with Gasteiger partial charge in [-0.05, 0) is 51.3 Å². The molecular formula is C13H21N3OS. The van der Waals surface area contributed by atoms with Crippen molar-refractivity contribution in [3.05, 3.63) is 24.2 Å².